The normalized spacial score (nSPS) is 14.7. The molecule has 0 atom stereocenters. The van der Waals surface area contributed by atoms with Gasteiger partial charge in [-0.2, -0.15) is 4.98 Å². The molecule has 3 rings (SSSR count). The van der Waals surface area contributed by atoms with Crippen molar-refractivity contribution in [1.29, 1.82) is 0 Å². The monoisotopic (exact) mass is 311 g/mol. The molecule has 2 aromatic rings. The zero-order valence-electron chi connectivity index (χ0n) is 14.2. The standard InChI is InChI=1S/C18H25N5/c1-14-13-17(20-15-7-9-16(10-8-15)22(2)3)21-18(19-14)23-11-5-4-6-12-23/h7-10,13H,4-6,11-12H2,1-3H3,(H,19,20,21). The Morgan fingerprint density at radius 3 is 2.35 bits per heavy atom. The average Bonchev–Trinajstić information content (AvgIpc) is 2.55. The van der Waals surface area contributed by atoms with Crippen LogP contribution >= 0.6 is 0 Å². The fourth-order valence-corrected chi connectivity index (χ4v) is 2.84. The van der Waals surface area contributed by atoms with E-state index in [2.05, 4.69) is 44.4 Å². The Labute approximate surface area is 138 Å². The first kappa shape index (κ1) is 15.6. The molecule has 1 saturated heterocycles. The van der Waals surface area contributed by atoms with Crippen molar-refractivity contribution in [2.75, 3.05) is 42.3 Å². The molecule has 0 aliphatic carbocycles. The maximum Gasteiger partial charge on any atom is 0.227 e. The van der Waals surface area contributed by atoms with Crippen LogP contribution in [-0.2, 0) is 0 Å². The molecule has 1 aliphatic rings. The van der Waals surface area contributed by atoms with Crippen molar-refractivity contribution in [3.8, 4) is 0 Å². The van der Waals surface area contributed by atoms with Gasteiger partial charge in [0.15, 0.2) is 0 Å². The predicted octanol–water partition coefficient (Wildman–Crippen LogP) is 3.58. The number of piperidine rings is 1. The van der Waals surface area contributed by atoms with Crippen LogP contribution in [0.25, 0.3) is 0 Å². The molecule has 122 valence electrons. The van der Waals surface area contributed by atoms with Crippen molar-refractivity contribution in [1.82, 2.24) is 9.97 Å². The third-order valence-electron chi connectivity index (χ3n) is 4.14. The SMILES string of the molecule is Cc1cc(Nc2ccc(N(C)C)cc2)nc(N2CCCCC2)n1. The van der Waals surface area contributed by atoms with Crippen molar-refractivity contribution in [2.45, 2.75) is 26.2 Å². The summed E-state index contributed by atoms with van der Waals surface area (Å²) in [5.41, 5.74) is 3.22. The number of aryl methyl sites for hydroxylation is 1. The lowest BCUT2D eigenvalue weighted by Crippen LogP contribution is -2.31. The molecule has 1 N–H and O–H groups in total. The van der Waals surface area contributed by atoms with E-state index in [-0.39, 0.29) is 0 Å². The first-order valence-corrected chi connectivity index (χ1v) is 8.27. The highest BCUT2D eigenvalue weighted by Gasteiger charge is 2.14. The van der Waals surface area contributed by atoms with Gasteiger partial charge in [0, 0.05) is 50.3 Å². The number of aromatic nitrogens is 2. The van der Waals surface area contributed by atoms with Crippen molar-refractivity contribution in [2.24, 2.45) is 0 Å². The Morgan fingerprint density at radius 2 is 1.70 bits per heavy atom. The number of anilines is 4. The Hall–Kier alpha value is -2.30. The van der Waals surface area contributed by atoms with E-state index in [1.54, 1.807) is 0 Å². The lowest BCUT2D eigenvalue weighted by Gasteiger charge is -2.27. The maximum absolute atomic E-state index is 4.70. The highest BCUT2D eigenvalue weighted by molar-refractivity contribution is 5.61. The summed E-state index contributed by atoms with van der Waals surface area (Å²) in [4.78, 5) is 13.7. The van der Waals surface area contributed by atoms with Crippen LogP contribution in [0.5, 0.6) is 0 Å². The van der Waals surface area contributed by atoms with Gasteiger partial charge in [-0.3, -0.25) is 0 Å². The van der Waals surface area contributed by atoms with Gasteiger partial charge >= 0.3 is 0 Å². The van der Waals surface area contributed by atoms with Gasteiger partial charge in [-0.1, -0.05) is 0 Å². The molecule has 2 heterocycles. The van der Waals surface area contributed by atoms with Gasteiger partial charge in [-0.05, 0) is 50.5 Å². The highest BCUT2D eigenvalue weighted by Crippen LogP contribution is 2.22. The molecule has 5 nitrogen and oxygen atoms in total. The molecule has 0 radical (unpaired) electrons. The number of nitrogens with one attached hydrogen (secondary N) is 1. The van der Waals surface area contributed by atoms with Gasteiger partial charge in [-0.25, -0.2) is 4.98 Å². The van der Waals surface area contributed by atoms with Crippen LogP contribution in [0.1, 0.15) is 25.0 Å². The Kier molecular flexibility index (Phi) is 4.65. The fraction of sp³-hybridized carbons (Fsp3) is 0.444. The lowest BCUT2D eigenvalue weighted by atomic mass is 10.1. The summed E-state index contributed by atoms with van der Waals surface area (Å²) in [5, 5.41) is 3.39. The van der Waals surface area contributed by atoms with E-state index in [0.29, 0.717) is 0 Å². The highest BCUT2D eigenvalue weighted by atomic mass is 15.3. The summed E-state index contributed by atoms with van der Waals surface area (Å²) in [5.74, 6) is 1.70. The van der Waals surface area contributed by atoms with Crippen LogP contribution in [0.3, 0.4) is 0 Å². The van der Waals surface area contributed by atoms with Gasteiger partial charge < -0.3 is 15.1 Å². The molecule has 1 aromatic heterocycles. The van der Waals surface area contributed by atoms with Crippen LogP contribution in [0, 0.1) is 6.92 Å². The Bertz CT molecular complexity index is 645. The predicted molar refractivity (Wildman–Crippen MR) is 96.9 cm³/mol. The minimum atomic E-state index is 0.845. The third kappa shape index (κ3) is 3.92. The van der Waals surface area contributed by atoms with Gasteiger partial charge in [0.1, 0.15) is 5.82 Å². The van der Waals surface area contributed by atoms with Gasteiger partial charge in [0.25, 0.3) is 0 Å². The topological polar surface area (TPSA) is 44.3 Å². The van der Waals surface area contributed by atoms with Crippen LogP contribution in [-0.4, -0.2) is 37.2 Å². The molecule has 0 amide bonds. The van der Waals surface area contributed by atoms with E-state index in [1.165, 1.54) is 24.9 Å². The largest absolute Gasteiger partial charge is 0.378 e. The first-order chi connectivity index (χ1) is 11.1. The van der Waals surface area contributed by atoms with E-state index >= 15 is 0 Å². The molecular formula is C18H25N5. The van der Waals surface area contributed by atoms with Crippen molar-refractivity contribution in [3.63, 3.8) is 0 Å². The molecule has 5 heteroatoms. The molecule has 1 aromatic carbocycles. The number of nitrogens with zero attached hydrogens (tertiary/aromatic N) is 4. The van der Waals surface area contributed by atoms with Crippen molar-refractivity contribution < 1.29 is 0 Å². The summed E-state index contributed by atoms with van der Waals surface area (Å²) >= 11 is 0. The number of hydrogen-bond acceptors (Lipinski definition) is 5. The zero-order valence-corrected chi connectivity index (χ0v) is 14.2. The van der Waals surface area contributed by atoms with Gasteiger partial charge in [0.2, 0.25) is 5.95 Å². The molecule has 0 saturated carbocycles. The van der Waals surface area contributed by atoms with Crippen LogP contribution in [0.4, 0.5) is 23.1 Å². The third-order valence-corrected chi connectivity index (χ3v) is 4.14. The summed E-state index contributed by atoms with van der Waals surface area (Å²) in [6.07, 6.45) is 3.77. The van der Waals surface area contributed by atoms with E-state index in [4.69, 9.17) is 4.98 Å². The Balaban J connectivity index is 1.78. The summed E-state index contributed by atoms with van der Waals surface area (Å²) in [6.45, 7) is 4.14. The second kappa shape index (κ2) is 6.86. The maximum atomic E-state index is 4.70. The second-order valence-corrected chi connectivity index (χ2v) is 6.31. The fourth-order valence-electron chi connectivity index (χ4n) is 2.84. The van der Waals surface area contributed by atoms with E-state index in [9.17, 15) is 0 Å². The van der Waals surface area contributed by atoms with Crippen LogP contribution < -0.4 is 15.1 Å². The lowest BCUT2D eigenvalue weighted by molar-refractivity contribution is 0.568. The molecule has 0 bridgehead atoms. The van der Waals surface area contributed by atoms with Crippen LogP contribution in [0.15, 0.2) is 30.3 Å². The summed E-state index contributed by atoms with van der Waals surface area (Å²) in [6, 6.07) is 10.3. The van der Waals surface area contributed by atoms with E-state index < -0.39 is 0 Å². The summed E-state index contributed by atoms with van der Waals surface area (Å²) in [7, 11) is 4.09. The number of benzene rings is 1. The average molecular weight is 311 g/mol. The van der Waals surface area contributed by atoms with Crippen molar-refractivity contribution in [3.05, 3.63) is 36.0 Å². The van der Waals surface area contributed by atoms with Crippen LogP contribution in [0.2, 0.25) is 0 Å². The van der Waals surface area contributed by atoms with Gasteiger partial charge in [0.05, 0.1) is 0 Å². The van der Waals surface area contributed by atoms with E-state index in [0.717, 1.165) is 36.2 Å². The minimum absolute atomic E-state index is 0.845. The quantitative estimate of drug-likeness (QED) is 0.935. The number of rotatable bonds is 4. The molecule has 0 spiro atoms. The molecule has 23 heavy (non-hydrogen) atoms. The van der Waals surface area contributed by atoms with E-state index in [1.807, 2.05) is 27.1 Å². The molecule has 1 fully saturated rings. The second-order valence-electron chi connectivity index (χ2n) is 6.31. The zero-order chi connectivity index (χ0) is 16.2. The molecule has 0 unspecified atom stereocenters. The first-order valence-electron chi connectivity index (χ1n) is 8.27. The van der Waals surface area contributed by atoms with Gasteiger partial charge in [-0.15, -0.1) is 0 Å². The summed E-state index contributed by atoms with van der Waals surface area (Å²) < 4.78 is 0. The molecular weight excluding hydrogens is 286 g/mol. The number of hydrogen-bond donors (Lipinski definition) is 1. The minimum Gasteiger partial charge on any atom is -0.378 e. The smallest absolute Gasteiger partial charge is 0.227 e. The Morgan fingerprint density at radius 1 is 1.00 bits per heavy atom. The van der Waals surface area contributed by atoms with Crippen molar-refractivity contribution >= 4 is 23.1 Å². The molecule has 1 aliphatic heterocycles.